The fraction of sp³-hybridized carbons (Fsp3) is 0. The van der Waals surface area contributed by atoms with Gasteiger partial charge in [-0.1, -0.05) is 64.5 Å². The van der Waals surface area contributed by atoms with E-state index in [1.807, 2.05) is 12.1 Å². The van der Waals surface area contributed by atoms with Crippen molar-refractivity contribution in [3.05, 3.63) is 77.3 Å². The van der Waals surface area contributed by atoms with E-state index < -0.39 is 0 Å². The molecule has 0 unspecified atom stereocenters. The lowest BCUT2D eigenvalue weighted by atomic mass is 10.0. The second-order valence-corrected chi connectivity index (χ2v) is 5.97. The maximum Gasteiger partial charge on any atom is 0.0715 e. The zero-order chi connectivity index (χ0) is 14.2. The summed E-state index contributed by atoms with van der Waals surface area (Å²) in [5.41, 5.74) is 3.17. The Labute approximate surface area is 131 Å². The molecule has 0 fully saturated rings. The predicted octanol–water partition coefficient (Wildman–Crippen LogP) is 5.82. The van der Waals surface area contributed by atoms with Gasteiger partial charge >= 0.3 is 0 Å². The smallest absolute Gasteiger partial charge is 0.0715 e. The van der Waals surface area contributed by atoms with E-state index in [1.165, 1.54) is 16.2 Å². The third-order valence-electron chi connectivity index (χ3n) is 3.74. The van der Waals surface area contributed by atoms with E-state index in [0.717, 1.165) is 21.2 Å². The van der Waals surface area contributed by atoms with Gasteiger partial charge in [-0.15, -0.1) is 0 Å². The van der Waals surface area contributed by atoms with Crippen LogP contribution in [-0.2, 0) is 0 Å². The summed E-state index contributed by atoms with van der Waals surface area (Å²) in [6.07, 6.45) is 0. The van der Waals surface area contributed by atoms with Gasteiger partial charge in [-0.2, -0.15) is 0 Å². The first kappa shape index (κ1) is 12.5. The van der Waals surface area contributed by atoms with E-state index in [9.17, 15) is 0 Å². The lowest BCUT2D eigenvalue weighted by Crippen LogP contribution is -1.86. The summed E-state index contributed by atoms with van der Waals surface area (Å²) in [5, 5.41) is 3.71. The largest absolute Gasteiger partial charge is 0.248 e. The molecule has 0 saturated heterocycles. The van der Waals surface area contributed by atoms with Gasteiger partial charge in [0.2, 0.25) is 0 Å². The monoisotopic (exact) mass is 333 g/mol. The minimum Gasteiger partial charge on any atom is -0.248 e. The van der Waals surface area contributed by atoms with E-state index in [4.69, 9.17) is 4.98 Å². The zero-order valence-corrected chi connectivity index (χ0v) is 12.8. The molecule has 0 aliphatic carbocycles. The average molecular weight is 334 g/mol. The van der Waals surface area contributed by atoms with E-state index >= 15 is 0 Å². The summed E-state index contributed by atoms with van der Waals surface area (Å²) < 4.78 is 1.08. The Bertz CT molecular complexity index is 942. The van der Waals surface area contributed by atoms with Crippen molar-refractivity contribution in [2.24, 2.45) is 0 Å². The van der Waals surface area contributed by atoms with Crippen molar-refractivity contribution in [3.8, 4) is 11.3 Å². The van der Waals surface area contributed by atoms with Gasteiger partial charge in [-0.25, -0.2) is 4.98 Å². The third kappa shape index (κ3) is 2.22. The first-order chi connectivity index (χ1) is 10.3. The summed E-state index contributed by atoms with van der Waals surface area (Å²) in [6, 6.07) is 25.2. The Balaban J connectivity index is 1.94. The number of hydrogen-bond donors (Lipinski definition) is 0. The van der Waals surface area contributed by atoms with Crippen LogP contribution in [0.1, 0.15) is 0 Å². The fourth-order valence-electron chi connectivity index (χ4n) is 2.67. The molecule has 0 radical (unpaired) electrons. The molecule has 1 nitrogen and oxygen atoms in total. The standard InChI is InChI=1S/C19H12BrN/c20-15-8-5-14(6-9-15)18-12-10-17-16-4-2-1-3-13(16)7-11-19(17)21-18/h1-12H. The number of rotatable bonds is 1. The fourth-order valence-corrected chi connectivity index (χ4v) is 2.93. The van der Waals surface area contributed by atoms with Crippen LogP contribution in [0.2, 0.25) is 0 Å². The van der Waals surface area contributed by atoms with Crippen LogP contribution in [0.15, 0.2) is 77.3 Å². The number of fused-ring (bicyclic) bond motifs is 3. The molecule has 1 aromatic heterocycles. The van der Waals surface area contributed by atoms with E-state index in [1.54, 1.807) is 0 Å². The topological polar surface area (TPSA) is 12.9 Å². The minimum atomic E-state index is 1.00. The van der Waals surface area contributed by atoms with Crippen LogP contribution < -0.4 is 0 Å². The van der Waals surface area contributed by atoms with Crippen molar-refractivity contribution >= 4 is 37.6 Å². The molecule has 0 aliphatic rings. The summed E-state index contributed by atoms with van der Waals surface area (Å²) in [7, 11) is 0. The van der Waals surface area contributed by atoms with Crippen LogP contribution in [0.3, 0.4) is 0 Å². The van der Waals surface area contributed by atoms with Gasteiger partial charge in [-0.3, -0.25) is 0 Å². The van der Waals surface area contributed by atoms with Gasteiger partial charge < -0.3 is 0 Å². The van der Waals surface area contributed by atoms with Gasteiger partial charge in [0.05, 0.1) is 11.2 Å². The maximum absolute atomic E-state index is 4.81. The van der Waals surface area contributed by atoms with Crippen LogP contribution >= 0.6 is 15.9 Å². The van der Waals surface area contributed by atoms with Crippen molar-refractivity contribution in [2.45, 2.75) is 0 Å². The molecule has 21 heavy (non-hydrogen) atoms. The molecule has 0 saturated carbocycles. The van der Waals surface area contributed by atoms with Crippen molar-refractivity contribution < 1.29 is 0 Å². The highest BCUT2D eigenvalue weighted by molar-refractivity contribution is 9.10. The van der Waals surface area contributed by atoms with E-state index in [2.05, 4.69) is 76.6 Å². The van der Waals surface area contributed by atoms with Crippen LogP contribution in [0.5, 0.6) is 0 Å². The van der Waals surface area contributed by atoms with Crippen molar-refractivity contribution in [3.63, 3.8) is 0 Å². The summed E-state index contributed by atoms with van der Waals surface area (Å²) in [6.45, 7) is 0. The molecule has 0 bridgehead atoms. The SMILES string of the molecule is Brc1ccc(-c2ccc3c(ccc4ccccc43)n2)cc1. The maximum atomic E-state index is 4.81. The Morgan fingerprint density at radius 2 is 1.48 bits per heavy atom. The van der Waals surface area contributed by atoms with Gasteiger partial charge in [0.25, 0.3) is 0 Å². The summed E-state index contributed by atoms with van der Waals surface area (Å²) in [5.74, 6) is 0. The number of nitrogens with zero attached hydrogens (tertiary/aromatic N) is 1. The van der Waals surface area contributed by atoms with Gasteiger partial charge in [0.1, 0.15) is 0 Å². The van der Waals surface area contributed by atoms with Gasteiger partial charge in [0.15, 0.2) is 0 Å². The molecule has 0 atom stereocenters. The number of hydrogen-bond acceptors (Lipinski definition) is 1. The second kappa shape index (κ2) is 4.97. The Morgan fingerprint density at radius 1 is 0.667 bits per heavy atom. The molecule has 0 spiro atoms. The first-order valence-corrected chi connectivity index (χ1v) is 7.65. The summed E-state index contributed by atoms with van der Waals surface area (Å²) >= 11 is 3.46. The molecule has 0 aliphatic heterocycles. The highest BCUT2D eigenvalue weighted by Crippen LogP contribution is 2.27. The Hall–Kier alpha value is -2.19. The normalized spacial score (nSPS) is 11.1. The van der Waals surface area contributed by atoms with Crippen LogP contribution in [0, 0.1) is 0 Å². The molecule has 3 aromatic carbocycles. The first-order valence-electron chi connectivity index (χ1n) is 6.86. The molecule has 2 heteroatoms. The van der Waals surface area contributed by atoms with E-state index in [-0.39, 0.29) is 0 Å². The molecule has 4 rings (SSSR count). The number of benzene rings is 3. The highest BCUT2D eigenvalue weighted by atomic mass is 79.9. The third-order valence-corrected chi connectivity index (χ3v) is 4.27. The lowest BCUT2D eigenvalue weighted by molar-refractivity contribution is 1.40. The van der Waals surface area contributed by atoms with Crippen LogP contribution in [0.25, 0.3) is 32.9 Å². The second-order valence-electron chi connectivity index (χ2n) is 5.06. The highest BCUT2D eigenvalue weighted by Gasteiger charge is 2.04. The predicted molar refractivity (Wildman–Crippen MR) is 92.4 cm³/mol. The number of halogens is 1. The molecule has 0 N–H and O–H groups in total. The van der Waals surface area contributed by atoms with Gasteiger partial charge in [-0.05, 0) is 35.0 Å². The summed E-state index contributed by atoms with van der Waals surface area (Å²) in [4.78, 5) is 4.81. The van der Waals surface area contributed by atoms with Crippen molar-refractivity contribution in [1.29, 1.82) is 0 Å². The minimum absolute atomic E-state index is 1.00. The Morgan fingerprint density at radius 3 is 2.33 bits per heavy atom. The molecular weight excluding hydrogens is 322 g/mol. The number of aromatic nitrogens is 1. The molecule has 4 aromatic rings. The molecule has 100 valence electrons. The van der Waals surface area contributed by atoms with Crippen molar-refractivity contribution in [2.75, 3.05) is 0 Å². The van der Waals surface area contributed by atoms with Gasteiger partial charge in [0, 0.05) is 15.4 Å². The van der Waals surface area contributed by atoms with Crippen molar-refractivity contribution in [1.82, 2.24) is 4.98 Å². The van der Waals surface area contributed by atoms with E-state index in [0.29, 0.717) is 0 Å². The molecule has 0 amide bonds. The van der Waals surface area contributed by atoms with Crippen LogP contribution in [-0.4, -0.2) is 4.98 Å². The Kier molecular flexibility index (Phi) is 2.97. The quantitative estimate of drug-likeness (QED) is 0.400. The average Bonchev–Trinajstić information content (AvgIpc) is 2.55. The molecular formula is C19H12BrN. The van der Waals surface area contributed by atoms with Crippen LogP contribution in [0.4, 0.5) is 0 Å². The zero-order valence-electron chi connectivity index (χ0n) is 11.3. The lowest BCUT2D eigenvalue weighted by Gasteiger charge is -2.06. The number of pyridine rings is 1. The molecule has 1 heterocycles.